The number of anilines is 1. The van der Waals surface area contributed by atoms with Gasteiger partial charge in [-0.25, -0.2) is 14.0 Å². The minimum Gasteiger partial charge on any atom is -0.494 e. The van der Waals surface area contributed by atoms with Crippen LogP contribution in [0.2, 0.25) is 0 Å². The summed E-state index contributed by atoms with van der Waals surface area (Å²) in [5.41, 5.74) is 0.297. The van der Waals surface area contributed by atoms with Gasteiger partial charge >= 0.3 is 12.0 Å². The van der Waals surface area contributed by atoms with Crippen LogP contribution in [0.25, 0.3) is 0 Å². The molecule has 2 rings (SSSR count). The first-order valence-corrected chi connectivity index (χ1v) is 7.40. The fourth-order valence-electron chi connectivity index (χ4n) is 2.01. The molecule has 2 N–H and O–H groups in total. The first kappa shape index (κ1) is 15.4. The fraction of sp³-hybridized carbons (Fsp3) is 0.385. The lowest BCUT2D eigenvalue weighted by Gasteiger charge is -2.32. The van der Waals surface area contributed by atoms with Gasteiger partial charge in [0.05, 0.1) is 12.8 Å². The van der Waals surface area contributed by atoms with Crippen molar-refractivity contribution < 1.29 is 23.8 Å². The Balaban J connectivity index is 2.15. The van der Waals surface area contributed by atoms with Crippen LogP contribution in [0.1, 0.15) is 0 Å². The van der Waals surface area contributed by atoms with Crippen molar-refractivity contribution in [3.8, 4) is 5.75 Å². The number of carboxylic acid groups (broad SMARTS) is 1. The number of hydrogen-bond donors (Lipinski definition) is 2. The molecule has 1 atom stereocenters. The van der Waals surface area contributed by atoms with Gasteiger partial charge in [-0.1, -0.05) is 0 Å². The normalized spacial score (nSPS) is 18.2. The van der Waals surface area contributed by atoms with Crippen LogP contribution in [0.3, 0.4) is 0 Å². The van der Waals surface area contributed by atoms with Crippen molar-refractivity contribution in [1.82, 2.24) is 4.90 Å². The van der Waals surface area contributed by atoms with Gasteiger partial charge in [-0.3, -0.25) is 0 Å². The van der Waals surface area contributed by atoms with Gasteiger partial charge in [-0.15, -0.1) is 0 Å². The smallest absolute Gasteiger partial charge is 0.327 e. The summed E-state index contributed by atoms with van der Waals surface area (Å²) in [5.74, 6) is -0.311. The summed E-state index contributed by atoms with van der Waals surface area (Å²) in [6.07, 6.45) is 0. The standard InChI is InChI=1S/C13H15FN2O4S/c1-20-11-6-8(14)2-3-9(11)15-13(19)16-4-5-21-7-10(16)12(17)18/h2-3,6,10H,4-5,7H2,1H3,(H,15,19)(H,17,18). The van der Waals surface area contributed by atoms with Crippen molar-refractivity contribution in [3.05, 3.63) is 24.0 Å². The highest BCUT2D eigenvalue weighted by Crippen LogP contribution is 2.26. The van der Waals surface area contributed by atoms with Crippen molar-refractivity contribution in [1.29, 1.82) is 0 Å². The molecule has 6 nitrogen and oxygen atoms in total. The molecule has 0 saturated carbocycles. The zero-order valence-corrected chi connectivity index (χ0v) is 12.2. The average Bonchev–Trinajstić information content (AvgIpc) is 2.48. The zero-order chi connectivity index (χ0) is 15.4. The Bertz CT molecular complexity index is 555. The Hall–Kier alpha value is -1.96. The Morgan fingerprint density at radius 2 is 2.29 bits per heavy atom. The van der Waals surface area contributed by atoms with Gasteiger partial charge in [0.2, 0.25) is 0 Å². The number of rotatable bonds is 3. The molecule has 0 bridgehead atoms. The average molecular weight is 314 g/mol. The lowest BCUT2D eigenvalue weighted by molar-refractivity contribution is -0.141. The lowest BCUT2D eigenvalue weighted by atomic mass is 10.2. The number of carbonyl (C=O) groups excluding carboxylic acids is 1. The minimum atomic E-state index is -1.04. The molecule has 0 aliphatic carbocycles. The van der Waals surface area contributed by atoms with Gasteiger partial charge in [0.25, 0.3) is 0 Å². The monoisotopic (exact) mass is 314 g/mol. The van der Waals surface area contributed by atoms with E-state index in [-0.39, 0.29) is 5.75 Å². The molecule has 8 heteroatoms. The topological polar surface area (TPSA) is 78.9 Å². The van der Waals surface area contributed by atoms with Crippen molar-refractivity contribution in [2.24, 2.45) is 0 Å². The summed E-state index contributed by atoms with van der Waals surface area (Å²) in [4.78, 5) is 24.7. The first-order valence-electron chi connectivity index (χ1n) is 6.24. The number of methoxy groups -OCH3 is 1. The predicted molar refractivity (Wildman–Crippen MR) is 77.4 cm³/mol. The second-order valence-electron chi connectivity index (χ2n) is 4.40. The highest BCUT2D eigenvalue weighted by Gasteiger charge is 2.32. The SMILES string of the molecule is COc1cc(F)ccc1NC(=O)N1CCSCC1C(=O)O. The molecular formula is C13H15FN2O4S. The van der Waals surface area contributed by atoms with Crippen LogP contribution in [0.5, 0.6) is 5.75 Å². The molecule has 1 aliphatic rings. The van der Waals surface area contributed by atoms with E-state index in [0.29, 0.717) is 23.7 Å². The summed E-state index contributed by atoms with van der Waals surface area (Å²) in [6, 6.07) is 2.32. The Labute approximate surface area is 125 Å². The Morgan fingerprint density at radius 3 is 2.95 bits per heavy atom. The molecule has 114 valence electrons. The van der Waals surface area contributed by atoms with E-state index in [4.69, 9.17) is 9.84 Å². The maximum Gasteiger partial charge on any atom is 0.327 e. The number of carbonyl (C=O) groups is 2. The zero-order valence-electron chi connectivity index (χ0n) is 11.3. The quantitative estimate of drug-likeness (QED) is 0.890. The molecule has 1 aromatic rings. The first-order chi connectivity index (χ1) is 10.0. The molecule has 1 saturated heterocycles. The highest BCUT2D eigenvalue weighted by atomic mass is 32.2. The maximum absolute atomic E-state index is 13.1. The van der Waals surface area contributed by atoms with Gasteiger partial charge in [0.1, 0.15) is 17.6 Å². The predicted octanol–water partition coefficient (Wildman–Crippen LogP) is 1.87. The largest absolute Gasteiger partial charge is 0.494 e. The molecule has 1 aliphatic heterocycles. The van der Waals surface area contributed by atoms with E-state index >= 15 is 0 Å². The van der Waals surface area contributed by atoms with Gasteiger partial charge in [0.15, 0.2) is 0 Å². The molecule has 0 spiro atoms. The number of hydrogen-bond acceptors (Lipinski definition) is 4. The van der Waals surface area contributed by atoms with Gasteiger partial charge in [-0.05, 0) is 12.1 Å². The van der Waals surface area contributed by atoms with Crippen LogP contribution in [-0.4, -0.2) is 53.2 Å². The van der Waals surface area contributed by atoms with E-state index in [1.54, 1.807) is 0 Å². The molecule has 2 amide bonds. The summed E-state index contributed by atoms with van der Waals surface area (Å²) < 4.78 is 18.1. The summed E-state index contributed by atoms with van der Waals surface area (Å²) >= 11 is 1.49. The van der Waals surface area contributed by atoms with Crippen LogP contribution in [0.15, 0.2) is 18.2 Å². The fourth-order valence-corrected chi connectivity index (χ4v) is 3.04. The number of amides is 2. The van der Waals surface area contributed by atoms with E-state index in [9.17, 15) is 14.0 Å². The van der Waals surface area contributed by atoms with Crippen molar-refractivity contribution in [3.63, 3.8) is 0 Å². The Morgan fingerprint density at radius 1 is 1.52 bits per heavy atom. The second kappa shape index (κ2) is 6.66. The lowest BCUT2D eigenvalue weighted by Crippen LogP contribution is -2.51. The summed E-state index contributed by atoms with van der Waals surface area (Å²) in [7, 11) is 1.36. The van der Waals surface area contributed by atoms with Crippen molar-refractivity contribution in [2.45, 2.75) is 6.04 Å². The van der Waals surface area contributed by atoms with Gasteiger partial charge < -0.3 is 20.1 Å². The number of ether oxygens (including phenoxy) is 1. The highest BCUT2D eigenvalue weighted by molar-refractivity contribution is 7.99. The number of halogens is 1. The molecule has 21 heavy (non-hydrogen) atoms. The van der Waals surface area contributed by atoms with Crippen molar-refractivity contribution in [2.75, 3.05) is 30.5 Å². The number of thioether (sulfide) groups is 1. The molecule has 0 aromatic heterocycles. The third-order valence-corrected chi connectivity index (χ3v) is 4.10. The van der Waals surface area contributed by atoms with Gasteiger partial charge in [0, 0.05) is 24.1 Å². The van der Waals surface area contributed by atoms with Crippen LogP contribution in [-0.2, 0) is 4.79 Å². The third-order valence-electron chi connectivity index (χ3n) is 3.08. The molecular weight excluding hydrogens is 299 g/mol. The maximum atomic E-state index is 13.1. The Kier molecular flexibility index (Phi) is 4.89. The number of urea groups is 1. The van der Waals surface area contributed by atoms with E-state index in [0.717, 1.165) is 6.07 Å². The summed E-state index contributed by atoms with van der Waals surface area (Å²) in [5, 5.41) is 11.7. The number of nitrogens with zero attached hydrogens (tertiary/aromatic N) is 1. The van der Waals surface area contributed by atoms with Crippen LogP contribution >= 0.6 is 11.8 Å². The molecule has 1 heterocycles. The van der Waals surface area contributed by atoms with E-state index in [2.05, 4.69) is 5.32 Å². The van der Waals surface area contributed by atoms with Crippen molar-refractivity contribution >= 4 is 29.4 Å². The summed E-state index contributed by atoms with van der Waals surface area (Å²) in [6.45, 7) is 0.344. The second-order valence-corrected chi connectivity index (χ2v) is 5.55. The number of carboxylic acids is 1. The van der Waals surface area contributed by atoms with E-state index in [1.807, 2.05) is 0 Å². The van der Waals surface area contributed by atoms with Crippen LogP contribution < -0.4 is 10.1 Å². The number of benzene rings is 1. The molecule has 1 aromatic carbocycles. The molecule has 1 fully saturated rings. The number of aliphatic carboxylic acids is 1. The number of nitrogens with one attached hydrogen (secondary N) is 1. The van der Waals surface area contributed by atoms with E-state index < -0.39 is 23.9 Å². The third kappa shape index (κ3) is 3.57. The minimum absolute atomic E-state index is 0.182. The van der Waals surface area contributed by atoms with E-state index in [1.165, 1.54) is 35.9 Å². The van der Waals surface area contributed by atoms with Crippen LogP contribution in [0.4, 0.5) is 14.9 Å². The van der Waals surface area contributed by atoms with Crippen LogP contribution in [0, 0.1) is 5.82 Å². The van der Waals surface area contributed by atoms with Gasteiger partial charge in [-0.2, -0.15) is 11.8 Å². The molecule has 0 radical (unpaired) electrons. The molecule has 1 unspecified atom stereocenters.